The molecule has 5 nitrogen and oxygen atoms in total. The number of aromatic nitrogens is 3. The second kappa shape index (κ2) is 5.66. The maximum absolute atomic E-state index is 12.4. The number of carbonyl (C=O) groups is 1. The van der Waals surface area contributed by atoms with E-state index in [0.717, 1.165) is 36.3 Å². The summed E-state index contributed by atoms with van der Waals surface area (Å²) in [5.74, 6) is 0.0146. The van der Waals surface area contributed by atoms with Gasteiger partial charge in [-0.05, 0) is 17.2 Å². The number of aromatic amines is 1. The highest BCUT2D eigenvalue weighted by molar-refractivity contribution is 5.97. The molecule has 1 aromatic carbocycles. The normalized spacial score (nSPS) is 20.7. The number of fused-ring (bicyclic) bond motifs is 1. The summed E-state index contributed by atoms with van der Waals surface area (Å²) in [6, 6.07) is 14.5. The molecule has 0 spiro atoms. The van der Waals surface area contributed by atoms with Crippen LogP contribution in [-0.2, 0) is 11.8 Å². The van der Waals surface area contributed by atoms with E-state index in [1.54, 1.807) is 11.1 Å². The average Bonchev–Trinajstić information content (AvgIpc) is 3.48. The highest BCUT2D eigenvalue weighted by atomic mass is 16.2. The summed E-state index contributed by atoms with van der Waals surface area (Å²) in [5.41, 5.74) is 4.43. The number of hydrogen-bond donors (Lipinski definition) is 1. The number of allylic oxidation sites excluding steroid dienone is 1. The zero-order valence-corrected chi connectivity index (χ0v) is 14.2. The summed E-state index contributed by atoms with van der Waals surface area (Å²) >= 11 is 0. The van der Waals surface area contributed by atoms with Gasteiger partial charge in [0.1, 0.15) is 0 Å². The van der Waals surface area contributed by atoms with Gasteiger partial charge in [-0.3, -0.25) is 14.9 Å². The number of hydrogen-bond acceptors (Lipinski definition) is 3. The molecule has 1 unspecified atom stereocenters. The lowest BCUT2D eigenvalue weighted by atomic mass is 9.69. The SMILES string of the molecule is O=C(c1n[nH]c2c1C=CC(c1ccccc1)(c1cccnc1)C2)N1CC1. The minimum Gasteiger partial charge on any atom is -0.334 e. The van der Waals surface area contributed by atoms with Gasteiger partial charge in [0.25, 0.3) is 5.91 Å². The lowest BCUT2D eigenvalue weighted by Gasteiger charge is -2.34. The van der Waals surface area contributed by atoms with Gasteiger partial charge in [0.2, 0.25) is 0 Å². The highest BCUT2D eigenvalue weighted by Gasteiger charge is 2.38. The van der Waals surface area contributed by atoms with E-state index < -0.39 is 0 Å². The van der Waals surface area contributed by atoms with Gasteiger partial charge < -0.3 is 4.90 Å². The van der Waals surface area contributed by atoms with Gasteiger partial charge in [-0.25, -0.2) is 0 Å². The second-order valence-corrected chi connectivity index (χ2v) is 6.85. The van der Waals surface area contributed by atoms with Crippen LogP contribution in [-0.4, -0.2) is 39.1 Å². The van der Waals surface area contributed by atoms with E-state index in [4.69, 9.17) is 0 Å². The largest absolute Gasteiger partial charge is 0.334 e. The van der Waals surface area contributed by atoms with Crippen LogP contribution in [0.3, 0.4) is 0 Å². The molecular formula is C21H18N4O. The third kappa shape index (κ3) is 2.28. The molecule has 1 amide bonds. The van der Waals surface area contributed by atoms with Crippen LogP contribution in [0.2, 0.25) is 0 Å². The maximum Gasteiger partial charge on any atom is 0.275 e. The summed E-state index contributed by atoms with van der Waals surface area (Å²) < 4.78 is 0. The molecule has 0 radical (unpaired) electrons. The van der Waals surface area contributed by atoms with Crippen molar-refractivity contribution in [2.45, 2.75) is 11.8 Å². The molecule has 1 fully saturated rings. The van der Waals surface area contributed by atoms with Gasteiger partial charge in [0.05, 0.1) is 0 Å². The first-order chi connectivity index (χ1) is 12.8. The standard InChI is InChI=1S/C21H18N4O/c26-20(25-11-12-25)19-17-8-9-21(13-18(17)23-24-19,15-5-2-1-3-6-15)16-7-4-10-22-14-16/h1-10,14H,11-13H2,(H,23,24). The van der Waals surface area contributed by atoms with Crippen molar-refractivity contribution in [3.63, 3.8) is 0 Å². The Bertz CT molecular complexity index is 948. The molecule has 3 heterocycles. The smallest absolute Gasteiger partial charge is 0.275 e. The number of amides is 1. The van der Waals surface area contributed by atoms with Crippen LogP contribution in [0.5, 0.6) is 0 Å². The van der Waals surface area contributed by atoms with Crippen molar-refractivity contribution in [2.24, 2.45) is 0 Å². The molecule has 5 heteroatoms. The molecule has 5 rings (SSSR count). The van der Waals surface area contributed by atoms with Crippen LogP contribution in [0, 0.1) is 0 Å². The molecule has 1 atom stereocenters. The summed E-state index contributed by atoms with van der Waals surface area (Å²) in [5, 5.41) is 7.44. The number of rotatable bonds is 3. The summed E-state index contributed by atoms with van der Waals surface area (Å²) in [4.78, 5) is 18.6. The van der Waals surface area contributed by atoms with E-state index in [1.165, 1.54) is 5.56 Å². The average molecular weight is 342 g/mol. The van der Waals surface area contributed by atoms with Crippen LogP contribution >= 0.6 is 0 Å². The zero-order chi connectivity index (χ0) is 17.6. The van der Waals surface area contributed by atoms with Crippen molar-refractivity contribution in [2.75, 3.05) is 13.1 Å². The molecule has 3 aromatic rings. The van der Waals surface area contributed by atoms with Crippen molar-refractivity contribution in [1.29, 1.82) is 0 Å². The van der Waals surface area contributed by atoms with Crippen molar-refractivity contribution >= 4 is 12.0 Å². The molecule has 1 aliphatic carbocycles. The summed E-state index contributed by atoms with van der Waals surface area (Å²) in [6.07, 6.45) is 8.65. The van der Waals surface area contributed by atoms with Crippen LogP contribution in [0.15, 0.2) is 60.9 Å². The number of carbonyl (C=O) groups excluding carboxylic acids is 1. The monoisotopic (exact) mass is 342 g/mol. The first kappa shape index (κ1) is 15.1. The molecule has 1 saturated heterocycles. The van der Waals surface area contributed by atoms with E-state index in [1.807, 2.05) is 24.4 Å². The van der Waals surface area contributed by atoms with Crippen molar-refractivity contribution < 1.29 is 4.79 Å². The number of nitrogens with zero attached hydrogens (tertiary/aromatic N) is 3. The lowest BCUT2D eigenvalue weighted by Crippen LogP contribution is -2.30. The first-order valence-electron chi connectivity index (χ1n) is 8.80. The van der Waals surface area contributed by atoms with Crippen molar-refractivity contribution in [3.05, 3.63) is 89.0 Å². The Morgan fingerprint density at radius 2 is 1.88 bits per heavy atom. The fourth-order valence-electron chi connectivity index (χ4n) is 3.76. The Balaban J connectivity index is 1.63. The Labute approximate surface area is 151 Å². The Morgan fingerprint density at radius 3 is 2.62 bits per heavy atom. The molecule has 2 aliphatic rings. The molecule has 0 bridgehead atoms. The van der Waals surface area contributed by atoms with Gasteiger partial charge in [0, 0.05) is 48.6 Å². The lowest BCUT2D eigenvalue weighted by molar-refractivity contribution is 0.0880. The van der Waals surface area contributed by atoms with Gasteiger partial charge in [-0.1, -0.05) is 48.6 Å². The molecular weight excluding hydrogens is 324 g/mol. The zero-order valence-electron chi connectivity index (χ0n) is 14.2. The summed E-state index contributed by atoms with van der Waals surface area (Å²) in [6.45, 7) is 1.65. The van der Waals surface area contributed by atoms with E-state index in [2.05, 4.69) is 51.6 Å². The minimum atomic E-state index is -0.324. The number of benzene rings is 1. The van der Waals surface area contributed by atoms with Gasteiger partial charge in [0.15, 0.2) is 5.69 Å². The third-order valence-electron chi connectivity index (χ3n) is 5.28. The topological polar surface area (TPSA) is 61.6 Å². The molecule has 128 valence electrons. The highest BCUT2D eigenvalue weighted by Crippen LogP contribution is 2.41. The second-order valence-electron chi connectivity index (χ2n) is 6.85. The fourth-order valence-corrected chi connectivity index (χ4v) is 3.76. The van der Waals surface area contributed by atoms with Gasteiger partial charge in [-0.2, -0.15) is 5.10 Å². The van der Waals surface area contributed by atoms with Crippen molar-refractivity contribution in [3.8, 4) is 0 Å². The number of H-pyrrole nitrogens is 1. The van der Waals surface area contributed by atoms with E-state index in [0.29, 0.717) is 5.69 Å². The van der Waals surface area contributed by atoms with E-state index in [-0.39, 0.29) is 11.3 Å². The van der Waals surface area contributed by atoms with Crippen molar-refractivity contribution in [1.82, 2.24) is 20.1 Å². The predicted octanol–water partition coefficient (Wildman–Crippen LogP) is 2.82. The molecule has 2 aromatic heterocycles. The molecule has 26 heavy (non-hydrogen) atoms. The fraction of sp³-hybridized carbons (Fsp3) is 0.190. The quantitative estimate of drug-likeness (QED) is 0.745. The van der Waals surface area contributed by atoms with Gasteiger partial charge >= 0.3 is 0 Å². The molecule has 0 saturated carbocycles. The maximum atomic E-state index is 12.4. The Morgan fingerprint density at radius 1 is 1.08 bits per heavy atom. The van der Waals surface area contributed by atoms with Crippen LogP contribution in [0.25, 0.3) is 6.08 Å². The number of pyridine rings is 1. The molecule has 1 N–H and O–H groups in total. The summed E-state index contributed by atoms with van der Waals surface area (Å²) in [7, 11) is 0. The third-order valence-corrected chi connectivity index (χ3v) is 5.28. The van der Waals surface area contributed by atoms with Gasteiger partial charge in [-0.15, -0.1) is 0 Å². The Kier molecular flexibility index (Phi) is 3.28. The Hall–Kier alpha value is -3.21. The first-order valence-corrected chi connectivity index (χ1v) is 8.80. The van der Waals surface area contributed by atoms with Crippen LogP contribution in [0.4, 0.5) is 0 Å². The number of nitrogens with one attached hydrogen (secondary N) is 1. The molecule has 1 aliphatic heterocycles. The van der Waals surface area contributed by atoms with E-state index >= 15 is 0 Å². The predicted molar refractivity (Wildman–Crippen MR) is 98.7 cm³/mol. The van der Waals surface area contributed by atoms with Crippen LogP contribution < -0.4 is 0 Å². The van der Waals surface area contributed by atoms with Crippen LogP contribution in [0.1, 0.15) is 32.9 Å². The van der Waals surface area contributed by atoms with E-state index in [9.17, 15) is 4.79 Å². The minimum absolute atomic E-state index is 0.0146.